The van der Waals surface area contributed by atoms with Crippen LogP contribution in [0.25, 0.3) is 0 Å². The summed E-state index contributed by atoms with van der Waals surface area (Å²) in [4.78, 5) is 9.11. The van der Waals surface area contributed by atoms with Crippen molar-refractivity contribution in [3.05, 3.63) is 0 Å². The molecule has 0 aromatic rings. The van der Waals surface area contributed by atoms with Crippen LogP contribution in [0.4, 0.5) is 0 Å². The summed E-state index contributed by atoms with van der Waals surface area (Å²) >= 11 is 0. The van der Waals surface area contributed by atoms with Gasteiger partial charge < -0.3 is 0 Å². The predicted octanol–water partition coefficient (Wildman–Crippen LogP) is -0.255. The van der Waals surface area contributed by atoms with Gasteiger partial charge in [-0.2, -0.15) is 0 Å². The summed E-state index contributed by atoms with van der Waals surface area (Å²) in [5.74, 6) is 0. The van der Waals surface area contributed by atoms with E-state index in [9.17, 15) is 8.42 Å². The zero-order chi connectivity index (χ0) is 5.21. The highest BCUT2D eigenvalue weighted by molar-refractivity contribution is 8.24. The van der Waals surface area contributed by atoms with Crippen molar-refractivity contribution in [2.24, 2.45) is 0 Å². The van der Waals surface area contributed by atoms with Gasteiger partial charge in [0.05, 0.1) is 0 Å². The molecule has 0 aliphatic rings. The lowest BCUT2D eigenvalue weighted by Gasteiger charge is -1.65. The Kier molecular flexibility index (Phi) is 1.55. The minimum Gasteiger partial charge on any atom is -0.284 e. The Morgan fingerprint density at radius 1 is 1.50 bits per heavy atom. The normalized spacial score (nSPS) is 10.8. The number of halogens is 1. The van der Waals surface area contributed by atoms with Gasteiger partial charge in [-0.15, -0.1) is 0 Å². The van der Waals surface area contributed by atoms with Crippen LogP contribution in [0.1, 0.15) is 0 Å². The molecule has 0 heterocycles. The molecule has 0 N–H and O–H groups in total. The van der Waals surface area contributed by atoms with Crippen LogP contribution >= 0.6 is 10.7 Å². The summed E-state index contributed by atoms with van der Waals surface area (Å²) in [6.07, 6.45) is 0. The Balaban J connectivity index is 4.25. The average molecular weight is 129 g/mol. The van der Waals surface area contributed by atoms with Crippen molar-refractivity contribution in [3.8, 4) is 0 Å². The quantitative estimate of drug-likeness (QED) is 0.361. The molecule has 0 aliphatic carbocycles. The Morgan fingerprint density at radius 2 is 1.67 bits per heavy atom. The van der Waals surface area contributed by atoms with Crippen LogP contribution in [-0.2, 0) is 13.8 Å². The number of hydrogen-bond donors (Lipinski definition) is 0. The van der Waals surface area contributed by atoms with Gasteiger partial charge in [0.25, 0.3) is 9.05 Å². The summed E-state index contributed by atoms with van der Waals surface area (Å²) in [6.45, 7) is 0. The minimum absolute atomic E-state index is 0.325. The second kappa shape index (κ2) is 1.57. The highest BCUT2D eigenvalue weighted by atomic mass is 35.7. The molecule has 5 heteroatoms. The van der Waals surface area contributed by atoms with Crippen LogP contribution in [0.3, 0.4) is 0 Å². The Hall–Kier alpha value is -0.0900. The van der Waals surface area contributed by atoms with E-state index in [1.165, 1.54) is 0 Å². The van der Waals surface area contributed by atoms with E-state index in [4.69, 9.17) is 4.79 Å². The van der Waals surface area contributed by atoms with Gasteiger partial charge in [-0.1, -0.05) is 0 Å². The van der Waals surface area contributed by atoms with Crippen molar-refractivity contribution >= 4 is 25.4 Å². The Bertz CT molecular complexity index is 121. The molecule has 0 aliphatic heterocycles. The molecule has 0 spiro atoms. The maximum Gasteiger partial charge on any atom is 0.291 e. The molecule has 3 nitrogen and oxygen atoms in total. The Morgan fingerprint density at radius 3 is 1.67 bits per heavy atom. The summed E-state index contributed by atoms with van der Waals surface area (Å²) < 4.78 is 18.8. The zero-order valence-corrected chi connectivity index (χ0v) is 4.16. The fourth-order valence-electron chi connectivity index (χ4n) is 0. The third-order valence-electron chi connectivity index (χ3n) is 0.115. The van der Waals surface area contributed by atoms with Gasteiger partial charge in [0, 0.05) is 10.7 Å². The molecule has 0 radical (unpaired) electrons. The van der Waals surface area contributed by atoms with Crippen LogP contribution in [-0.4, -0.2) is 14.0 Å². The third kappa shape index (κ3) is 3.91. The van der Waals surface area contributed by atoms with Gasteiger partial charge in [-0.05, 0) is 0 Å². The fraction of sp³-hybridized carbons (Fsp3) is 0. The van der Waals surface area contributed by atoms with Gasteiger partial charge in [0.2, 0.25) is 5.62 Å². The van der Waals surface area contributed by atoms with Crippen molar-refractivity contribution in [2.45, 2.75) is 0 Å². The predicted molar refractivity (Wildman–Crippen MR) is 21.5 cm³/mol. The first kappa shape index (κ1) is 5.91. The monoisotopic (exact) mass is 128 g/mol. The van der Waals surface area contributed by atoms with E-state index in [0.29, 0.717) is 0 Å². The number of rotatable bonds is 1. The van der Waals surface area contributed by atoms with E-state index >= 15 is 0 Å². The van der Waals surface area contributed by atoms with Crippen LogP contribution in [0.2, 0.25) is 0 Å². The zero-order valence-electron chi connectivity index (χ0n) is 2.59. The van der Waals surface area contributed by atoms with E-state index in [2.05, 4.69) is 10.7 Å². The van der Waals surface area contributed by atoms with Crippen LogP contribution in [0, 0.1) is 0 Å². The van der Waals surface area contributed by atoms with Crippen LogP contribution in [0.15, 0.2) is 0 Å². The standard InChI is InChI=1S/CHClO3S/c2-6(4,5)1-3/h1H. The lowest BCUT2D eigenvalue weighted by Crippen LogP contribution is -1.84. The number of hydrogen-bond acceptors (Lipinski definition) is 3. The Labute approximate surface area is 39.3 Å². The van der Waals surface area contributed by atoms with Gasteiger partial charge in [0.15, 0.2) is 0 Å². The second-order valence-corrected chi connectivity index (χ2v) is 3.01. The fourth-order valence-corrected chi connectivity index (χ4v) is 0. The van der Waals surface area contributed by atoms with Crippen LogP contribution in [0.5, 0.6) is 0 Å². The van der Waals surface area contributed by atoms with Gasteiger partial charge in [-0.25, -0.2) is 8.42 Å². The first-order valence-electron chi connectivity index (χ1n) is 0.959. The van der Waals surface area contributed by atoms with Crippen molar-refractivity contribution in [1.82, 2.24) is 0 Å². The van der Waals surface area contributed by atoms with E-state index in [0.717, 1.165) is 0 Å². The lowest BCUT2D eigenvalue weighted by atomic mass is 11.8. The van der Waals surface area contributed by atoms with Gasteiger partial charge >= 0.3 is 0 Å². The molecule has 0 unspecified atom stereocenters. The molecule has 0 aromatic heterocycles. The first-order valence-corrected chi connectivity index (χ1v) is 3.33. The third-order valence-corrected chi connectivity index (χ3v) is 0.563. The van der Waals surface area contributed by atoms with E-state index in [-0.39, 0.29) is 5.62 Å². The summed E-state index contributed by atoms with van der Waals surface area (Å²) in [6, 6.07) is 0. The largest absolute Gasteiger partial charge is 0.291 e. The van der Waals surface area contributed by atoms with Gasteiger partial charge in [-0.3, -0.25) is 4.79 Å². The molecular weight excluding hydrogens is 128 g/mol. The lowest BCUT2D eigenvalue weighted by molar-refractivity contribution is 0.559. The molecule has 0 rings (SSSR count). The van der Waals surface area contributed by atoms with Crippen molar-refractivity contribution < 1.29 is 13.2 Å². The molecule has 0 atom stereocenters. The molecule has 36 valence electrons. The smallest absolute Gasteiger partial charge is 0.284 e. The molecule has 0 amide bonds. The van der Waals surface area contributed by atoms with E-state index < -0.39 is 9.05 Å². The minimum atomic E-state index is -3.87. The summed E-state index contributed by atoms with van der Waals surface area (Å²) in [5.41, 5.74) is -0.325. The summed E-state index contributed by atoms with van der Waals surface area (Å²) in [7, 11) is 0.451. The topological polar surface area (TPSA) is 51.2 Å². The molecular formula is CHClO3S. The maximum absolute atomic E-state index is 9.40. The molecule has 0 bridgehead atoms. The molecule has 0 aromatic carbocycles. The molecule has 6 heavy (non-hydrogen) atoms. The van der Waals surface area contributed by atoms with E-state index in [1.54, 1.807) is 0 Å². The first-order chi connectivity index (χ1) is 2.56. The second-order valence-electron chi connectivity index (χ2n) is 0.572. The molecule has 0 saturated heterocycles. The average Bonchev–Trinajstić information content (AvgIpc) is 1.35. The van der Waals surface area contributed by atoms with E-state index in [1.807, 2.05) is 0 Å². The van der Waals surface area contributed by atoms with Crippen molar-refractivity contribution in [3.63, 3.8) is 0 Å². The van der Waals surface area contributed by atoms with Crippen molar-refractivity contribution in [1.29, 1.82) is 0 Å². The van der Waals surface area contributed by atoms with Gasteiger partial charge in [0.1, 0.15) is 0 Å². The number of carbonyl (C=O) groups is 1. The highest BCUT2D eigenvalue weighted by Crippen LogP contribution is 1.85. The SMILES string of the molecule is O=CS(=O)(=O)Cl. The van der Waals surface area contributed by atoms with Crippen LogP contribution < -0.4 is 0 Å². The maximum atomic E-state index is 9.40. The molecule has 0 saturated carbocycles. The molecule has 0 fully saturated rings. The highest BCUT2D eigenvalue weighted by Gasteiger charge is 1.95. The summed E-state index contributed by atoms with van der Waals surface area (Å²) in [5, 5.41) is 0. The van der Waals surface area contributed by atoms with Crippen molar-refractivity contribution in [2.75, 3.05) is 0 Å². The number of carbonyl (C=O) groups excluding carboxylic acids is 1.